The molecule has 154 valence electrons. The summed E-state index contributed by atoms with van der Waals surface area (Å²) < 4.78 is 28.5. The molecule has 6 nitrogen and oxygen atoms in total. The van der Waals surface area contributed by atoms with Crippen LogP contribution in [0.5, 0.6) is 0 Å². The van der Waals surface area contributed by atoms with Crippen LogP contribution in [0.4, 0.5) is 14.6 Å². The largest absolute Gasteiger partial charge is 0.305 e. The number of aryl methyl sites for hydroxylation is 3. The average Bonchev–Trinajstić information content (AvgIpc) is 3.11. The van der Waals surface area contributed by atoms with Crippen molar-refractivity contribution in [2.45, 2.75) is 20.8 Å². The third kappa shape index (κ3) is 3.62. The van der Waals surface area contributed by atoms with E-state index in [1.54, 1.807) is 6.07 Å². The van der Waals surface area contributed by atoms with Gasteiger partial charge in [-0.1, -0.05) is 11.6 Å². The molecule has 1 N–H and O–H groups in total. The first-order chi connectivity index (χ1) is 14.8. The molecular weight excluding hydrogens is 400 g/mol. The van der Waals surface area contributed by atoms with Crippen LogP contribution in [0.3, 0.4) is 0 Å². The predicted octanol–water partition coefficient (Wildman–Crippen LogP) is 4.75. The molecule has 0 saturated heterocycles. The van der Waals surface area contributed by atoms with Gasteiger partial charge in [0.1, 0.15) is 23.3 Å². The number of nitriles is 1. The lowest BCUT2D eigenvalue weighted by Crippen LogP contribution is -2.18. The first kappa shape index (κ1) is 20.2. The fourth-order valence-corrected chi connectivity index (χ4v) is 3.51. The fourth-order valence-electron chi connectivity index (χ4n) is 3.51. The lowest BCUT2D eigenvalue weighted by atomic mass is 10.0. The summed E-state index contributed by atoms with van der Waals surface area (Å²) in [5.74, 6) is -2.19. The number of rotatable bonds is 3. The van der Waals surface area contributed by atoms with Gasteiger partial charge in [-0.2, -0.15) is 15.0 Å². The number of pyridine rings is 1. The average molecular weight is 417 g/mol. The molecule has 0 aliphatic rings. The number of amides is 1. The molecule has 0 aliphatic heterocycles. The van der Waals surface area contributed by atoms with Gasteiger partial charge in [0.15, 0.2) is 11.6 Å². The van der Waals surface area contributed by atoms with Crippen LogP contribution in [0, 0.1) is 43.7 Å². The molecule has 4 rings (SSSR count). The van der Waals surface area contributed by atoms with Crippen molar-refractivity contribution in [1.82, 2.24) is 14.8 Å². The second-order valence-electron chi connectivity index (χ2n) is 7.28. The number of hydrogen-bond donors (Lipinski definition) is 1. The molecular formula is C23H17F2N5O. The van der Waals surface area contributed by atoms with Gasteiger partial charge in [0, 0.05) is 11.5 Å². The molecule has 0 spiro atoms. The number of halogens is 2. The Labute approximate surface area is 176 Å². The van der Waals surface area contributed by atoms with Crippen molar-refractivity contribution in [3.63, 3.8) is 0 Å². The number of nitrogens with one attached hydrogen (secondary N) is 1. The van der Waals surface area contributed by atoms with E-state index in [4.69, 9.17) is 0 Å². The Morgan fingerprint density at radius 1 is 1.10 bits per heavy atom. The number of anilines is 1. The normalized spacial score (nSPS) is 10.8. The molecule has 0 unspecified atom stereocenters. The highest BCUT2D eigenvalue weighted by molar-refractivity contribution is 6.04. The highest BCUT2D eigenvalue weighted by Gasteiger charge is 2.20. The van der Waals surface area contributed by atoms with Gasteiger partial charge in [0.2, 0.25) is 0 Å². The van der Waals surface area contributed by atoms with Crippen LogP contribution in [0.2, 0.25) is 0 Å². The number of aromatic nitrogens is 3. The zero-order valence-electron chi connectivity index (χ0n) is 17.0. The van der Waals surface area contributed by atoms with Crippen molar-refractivity contribution in [3.8, 4) is 11.9 Å². The first-order valence-electron chi connectivity index (χ1n) is 9.42. The number of nitrogens with zero attached hydrogens (tertiary/aromatic N) is 4. The Morgan fingerprint density at radius 2 is 1.87 bits per heavy atom. The van der Waals surface area contributed by atoms with Gasteiger partial charge in [-0.15, -0.1) is 0 Å². The van der Waals surface area contributed by atoms with Crippen molar-refractivity contribution in [2.75, 3.05) is 5.32 Å². The Kier molecular flexibility index (Phi) is 4.95. The molecule has 2 aromatic heterocycles. The van der Waals surface area contributed by atoms with Crippen molar-refractivity contribution >= 4 is 22.6 Å². The number of hydrogen-bond acceptors (Lipinski definition) is 4. The van der Waals surface area contributed by atoms with Gasteiger partial charge >= 0.3 is 0 Å². The van der Waals surface area contributed by atoms with Crippen LogP contribution in [0.1, 0.15) is 32.6 Å². The van der Waals surface area contributed by atoms with E-state index < -0.39 is 17.5 Å². The third-order valence-corrected chi connectivity index (χ3v) is 4.96. The quantitative estimate of drug-likeness (QED) is 0.522. The second-order valence-corrected chi connectivity index (χ2v) is 7.28. The fraction of sp³-hybridized carbons (Fsp3) is 0.130. The molecule has 4 aromatic rings. The predicted molar refractivity (Wildman–Crippen MR) is 112 cm³/mol. The summed E-state index contributed by atoms with van der Waals surface area (Å²) >= 11 is 0. The molecule has 2 aromatic carbocycles. The Balaban J connectivity index is 1.82. The SMILES string of the molecule is Cc1cc(C)c2nc(-n3ncc(C#N)c3NC(=O)c3ccc(F)cc3F)cc(C)c2c1. The number of carbonyl (C=O) groups is 1. The maximum atomic E-state index is 14.0. The highest BCUT2D eigenvalue weighted by Crippen LogP contribution is 2.27. The van der Waals surface area contributed by atoms with Crippen LogP contribution >= 0.6 is 0 Å². The van der Waals surface area contributed by atoms with E-state index in [1.165, 1.54) is 10.9 Å². The second kappa shape index (κ2) is 7.61. The summed E-state index contributed by atoms with van der Waals surface area (Å²) in [6.07, 6.45) is 1.29. The monoisotopic (exact) mass is 417 g/mol. The van der Waals surface area contributed by atoms with Crippen molar-refractivity contribution < 1.29 is 13.6 Å². The minimum Gasteiger partial charge on any atom is -0.305 e. The van der Waals surface area contributed by atoms with E-state index in [0.29, 0.717) is 11.9 Å². The standard InChI is InChI=1S/C23H17F2N5O/c1-12-6-14(3)21-18(7-12)13(2)8-20(28-21)30-22(15(10-26)11-27-30)29-23(31)17-5-4-16(24)9-19(17)25/h4-9,11H,1-3H3,(H,29,31). The summed E-state index contributed by atoms with van der Waals surface area (Å²) in [6, 6.07) is 10.5. The number of carbonyl (C=O) groups excluding carboxylic acids is 1. The number of benzene rings is 2. The molecule has 0 radical (unpaired) electrons. The van der Waals surface area contributed by atoms with Crippen LogP contribution in [0.25, 0.3) is 16.7 Å². The summed E-state index contributed by atoms with van der Waals surface area (Å²) in [6.45, 7) is 5.90. The van der Waals surface area contributed by atoms with E-state index in [2.05, 4.69) is 15.4 Å². The minimum atomic E-state index is -1.01. The van der Waals surface area contributed by atoms with Gasteiger partial charge in [-0.05, 0) is 56.2 Å². The van der Waals surface area contributed by atoms with E-state index in [9.17, 15) is 18.8 Å². The van der Waals surface area contributed by atoms with Gasteiger partial charge in [0.25, 0.3) is 5.91 Å². The highest BCUT2D eigenvalue weighted by atomic mass is 19.1. The van der Waals surface area contributed by atoms with E-state index in [-0.39, 0.29) is 16.9 Å². The lowest BCUT2D eigenvalue weighted by Gasteiger charge is -2.13. The third-order valence-electron chi connectivity index (χ3n) is 4.96. The Hall–Kier alpha value is -4.12. The molecule has 0 atom stereocenters. The molecule has 0 saturated carbocycles. The van der Waals surface area contributed by atoms with E-state index in [1.807, 2.05) is 39.0 Å². The summed E-state index contributed by atoms with van der Waals surface area (Å²) in [5.41, 5.74) is 3.54. The molecule has 0 aliphatic carbocycles. The smallest absolute Gasteiger partial charge is 0.259 e. The van der Waals surface area contributed by atoms with Gasteiger partial charge in [-0.3, -0.25) is 4.79 Å². The summed E-state index contributed by atoms with van der Waals surface area (Å²) in [4.78, 5) is 17.3. The molecule has 0 fully saturated rings. The van der Waals surface area contributed by atoms with Crippen LogP contribution < -0.4 is 5.32 Å². The maximum Gasteiger partial charge on any atom is 0.259 e. The Bertz CT molecular complexity index is 1400. The van der Waals surface area contributed by atoms with Gasteiger partial charge in [0.05, 0.1) is 17.3 Å². The van der Waals surface area contributed by atoms with Crippen molar-refractivity contribution in [1.29, 1.82) is 5.26 Å². The molecule has 8 heteroatoms. The minimum absolute atomic E-state index is 0.0484. The van der Waals surface area contributed by atoms with Crippen LogP contribution in [-0.4, -0.2) is 20.7 Å². The molecule has 1 amide bonds. The topological polar surface area (TPSA) is 83.6 Å². The van der Waals surface area contributed by atoms with Crippen LogP contribution in [0.15, 0.2) is 42.6 Å². The van der Waals surface area contributed by atoms with Crippen LogP contribution in [-0.2, 0) is 0 Å². The van der Waals surface area contributed by atoms with Crippen molar-refractivity contribution in [3.05, 3.63) is 82.0 Å². The zero-order valence-corrected chi connectivity index (χ0v) is 17.0. The maximum absolute atomic E-state index is 14.0. The molecule has 0 bridgehead atoms. The number of fused-ring (bicyclic) bond motifs is 1. The van der Waals surface area contributed by atoms with Gasteiger partial charge in [-0.25, -0.2) is 13.8 Å². The van der Waals surface area contributed by atoms with E-state index in [0.717, 1.165) is 39.7 Å². The summed E-state index contributed by atoms with van der Waals surface area (Å²) in [7, 11) is 0. The zero-order chi connectivity index (χ0) is 22.3. The van der Waals surface area contributed by atoms with Crippen molar-refractivity contribution in [2.24, 2.45) is 0 Å². The van der Waals surface area contributed by atoms with Gasteiger partial charge < -0.3 is 5.32 Å². The Morgan fingerprint density at radius 3 is 2.58 bits per heavy atom. The molecule has 31 heavy (non-hydrogen) atoms. The summed E-state index contributed by atoms with van der Waals surface area (Å²) in [5, 5.41) is 17.2. The first-order valence-corrected chi connectivity index (χ1v) is 9.42. The molecule has 2 heterocycles. The lowest BCUT2D eigenvalue weighted by molar-refractivity contribution is 0.102. The van der Waals surface area contributed by atoms with E-state index >= 15 is 0 Å².